The zero-order valence-corrected chi connectivity index (χ0v) is 15.2. The SMILES string of the molecule is Cc1cc(NC(=O)CSCC(=O)NCCc2c[nH]c3ccccc23)no1. The molecule has 3 N–H and O–H groups in total. The van der Waals surface area contributed by atoms with Gasteiger partial charge in [-0.15, -0.1) is 11.8 Å². The number of nitrogens with zero attached hydrogens (tertiary/aromatic N) is 1. The number of hydrogen-bond donors (Lipinski definition) is 3. The molecule has 0 radical (unpaired) electrons. The lowest BCUT2D eigenvalue weighted by Gasteiger charge is -2.05. The van der Waals surface area contributed by atoms with Crippen molar-refractivity contribution in [3.05, 3.63) is 47.9 Å². The molecule has 136 valence electrons. The highest BCUT2D eigenvalue weighted by atomic mass is 32.2. The summed E-state index contributed by atoms with van der Waals surface area (Å²) in [5, 5.41) is 10.4. The number of benzene rings is 1. The molecule has 2 aromatic heterocycles. The van der Waals surface area contributed by atoms with Gasteiger partial charge in [-0.25, -0.2) is 0 Å². The molecule has 3 rings (SSSR count). The number of thioether (sulfide) groups is 1. The van der Waals surface area contributed by atoms with E-state index in [9.17, 15) is 9.59 Å². The largest absolute Gasteiger partial charge is 0.361 e. The lowest BCUT2D eigenvalue weighted by molar-refractivity contribution is -0.118. The summed E-state index contributed by atoms with van der Waals surface area (Å²) >= 11 is 1.26. The van der Waals surface area contributed by atoms with Gasteiger partial charge in [-0.1, -0.05) is 23.4 Å². The van der Waals surface area contributed by atoms with Gasteiger partial charge in [-0.3, -0.25) is 9.59 Å². The summed E-state index contributed by atoms with van der Waals surface area (Å²) in [6, 6.07) is 9.72. The third-order valence-electron chi connectivity index (χ3n) is 3.75. The molecule has 0 saturated carbocycles. The van der Waals surface area contributed by atoms with E-state index in [4.69, 9.17) is 4.52 Å². The molecule has 0 fully saturated rings. The van der Waals surface area contributed by atoms with Gasteiger partial charge in [0.25, 0.3) is 0 Å². The predicted molar refractivity (Wildman–Crippen MR) is 102 cm³/mol. The number of H-pyrrole nitrogens is 1. The van der Waals surface area contributed by atoms with Crippen LogP contribution in [0.15, 0.2) is 41.1 Å². The minimum Gasteiger partial charge on any atom is -0.361 e. The molecule has 1 aromatic carbocycles. The molecule has 0 aliphatic heterocycles. The van der Waals surface area contributed by atoms with Gasteiger partial charge < -0.3 is 20.1 Å². The molecule has 0 saturated heterocycles. The molecule has 0 spiro atoms. The van der Waals surface area contributed by atoms with Crippen LogP contribution in [0, 0.1) is 6.92 Å². The molecule has 8 heteroatoms. The Bertz CT molecular complexity index is 903. The van der Waals surface area contributed by atoms with Crippen molar-refractivity contribution in [3.8, 4) is 0 Å². The maximum Gasteiger partial charge on any atom is 0.235 e. The van der Waals surface area contributed by atoms with E-state index in [-0.39, 0.29) is 23.3 Å². The molecule has 0 bridgehead atoms. The second-order valence-corrected chi connectivity index (χ2v) is 6.81. The summed E-state index contributed by atoms with van der Waals surface area (Å²) in [5.41, 5.74) is 2.27. The van der Waals surface area contributed by atoms with Gasteiger partial charge in [-0.2, -0.15) is 0 Å². The number of anilines is 1. The number of hydrogen-bond acceptors (Lipinski definition) is 5. The molecular weight excluding hydrogens is 352 g/mol. The second kappa shape index (κ2) is 8.57. The van der Waals surface area contributed by atoms with Crippen LogP contribution in [-0.4, -0.2) is 40.0 Å². The van der Waals surface area contributed by atoms with E-state index < -0.39 is 0 Å². The molecular formula is C18H20N4O3S. The third-order valence-corrected chi connectivity index (χ3v) is 4.69. The van der Waals surface area contributed by atoms with E-state index in [1.54, 1.807) is 13.0 Å². The van der Waals surface area contributed by atoms with Gasteiger partial charge in [0.15, 0.2) is 5.82 Å². The van der Waals surface area contributed by atoms with Gasteiger partial charge in [0.05, 0.1) is 11.5 Å². The number of para-hydroxylation sites is 1. The smallest absolute Gasteiger partial charge is 0.235 e. The molecule has 7 nitrogen and oxygen atoms in total. The lowest BCUT2D eigenvalue weighted by Crippen LogP contribution is -2.28. The van der Waals surface area contributed by atoms with Crippen molar-refractivity contribution in [1.82, 2.24) is 15.5 Å². The fourth-order valence-electron chi connectivity index (χ4n) is 2.57. The average molecular weight is 372 g/mol. The highest BCUT2D eigenvalue weighted by molar-refractivity contribution is 8.00. The molecule has 0 atom stereocenters. The maximum absolute atomic E-state index is 11.9. The van der Waals surface area contributed by atoms with E-state index in [1.165, 1.54) is 22.7 Å². The van der Waals surface area contributed by atoms with Gasteiger partial charge in [0, 0.05) is 29.7 Å². The van der Waals surface area contributed by atoms with Gasteiger partial charge in [-0.05, 0) is 25.0 Å². The van der Waals surface area contributed by atoms with Crippen LogP contribution in [0.2, 0.25) is 0 Å². The minimum atomic E-state index is -0.213. The first kappa shape index (κ1) is 18.1. The van der Waals surface area contributed by atoms with Gasteiger partial charge in [0.2, 0.25) is 11.8 Å². The Hall–Kier alpha value is -2.74. The minimum absolute atomic E-state index is 0.0834. The van der Waals surface area contributed by atoms with E-state index in [1.807, 2.05) is 24.4 Å². The van der Waals surface area contributed by atoms with Crippen molar-refractivity contribution < 1.29 is 14.1 Å². The summed E-state index contributed by atoms with van der Waals surface area (Å²) in [6.45, 7) is 2.31. The molecule has 0 aliphatic carbocycles. The third kappa shape index (κ3) is 4.89. The summed E-state index contributed by atoms with van der Waals surface area (Å²) in [5.74, 6) is 1.13. The average Bonchev–Trinajstić information content (AvgIpc) is 3.21. The van der Waals surface area contributed by atoms with Crippen LogP contribution in [0.5, 0.6) is 0 Å². The van der Waals surface area contributed by atoms with Crippen LogP contribution >= 0.6 is 11.8 Å². The molecule has 3 aromatic rings. The van der Waals surface area contributed by atoms with E-state index in [0.29, 0.717) is 18.1 Å². The topological polar surface area (TPSA) is 100 Å². The number of aromatic nitrogens is 2. The van der Waals surface area contributed by atoms with Crippen LogP contribution in [0.1, 0.15) is 11.3 Å². The van der Waals surface area contributed by atoms with Crippen molar-refractivity contribution in [1.29, 1.82) is 0 Å². The quantitative estimate of drug-likeness (QED) is 0.564. The van der Waals surface area contributed by atoms with E-state index in [2.05, 4.69) is 26.8 Å². The highest BCUT2D eigenvalue weighted by Gasteiger charge is 2.09. The normalized spacial score (nSPS) is 10.8. The fourth-order valence-corrected chi connectivity index (χ4v) is 3.21. The van der Waals surface area contributed by atoms with E-state index >= 15 is 0 Å². The van der Waals surface area contributed by atoms with Crippen LogP contribution in [0.4, 0.5) is 5.82 Å². The molecule has 26 heavy (non-hydrogen) atoms. The van der Waals surface area contributed by atoms with Crippen molar-refractivity contribution in [2.45, 2.75) is 13.3 Å². The molecule has 0 aliphatic rings. The molecule has 0 unspecified atom stereocenters. The monoisotopic (exact) mass is 372 g/mol. The van der Waals surface area contributed by atoms with Crippen LogP contribution < -0.4 is 10.6 Å². The van der Waals surface area contributed by atoms with Crippen molar-refractivity contribution in [2.24, 2.45) is 0 Å². The fraction of sp³-hybridized carbons (Fsp3) is 0.278. The number of aryl methyl sites for hydroxylation is 1. The van der Waals surface area contributed by atoms with Gasteiger partial charge in [0.1, 0.15) is 5.76 Å². The highest BCUT2D eigenvalue weighted by Crippen LogP contribution is 2.17. The first-order valence-corrected chi connectivity index (χ1v) is 9.40. The Morgan fingerprint density at radius 2 is 2.04 bits per heavy atom. The maximum atomic E-state index is 11.9. The number of carbonyl (C=O) groups is 2. The number of rotatable bonds is 8. The number of amides is 2. The predicted octanol–water partition coefficient (Wildman–Crippen LogP) is 2.49. The first-order valence-electron chi connectivity index (χ1n) is 8.24. The number of nitrogens with one attached hydrogen (secondary N) is 3. The Morgan fingerprint density at radius 1 is 1.23 bits per heavy atom. The van der Waals surface area contributed by atoms with Gasteiger partial charge >= 0.3 is 0 Å². The Morgan fingerprint density at radius 3 is 2.85 bits per heavy atom. The number of aromatic amines is 1. The Kier molecular flexibility index (Phi) is 5.96. The van der Waals surface area contributed by atoms with Crippen molar-refractivity contribution in [2.75, 3.05) is 23.4 Å². The van der Waals surface area contributed by atoms with Crippen LogP contribution in [-0.2, 0) is 16.0 Å². The van der Waals surface area contributed by atoms with Crippen molar-refractivity contribution in [3.63, 3.8) is 0 Å². The summed E-state index contributed by atoms with van der Waals surface area (Å²) < 4.78 is 4.87. The van der Waals surface area contributed by atoms with Crippen LogP contribution in [0.25, 0.3) is 10.9 Å². The second-order valence-electron chi connectivity index (χ2n) is 5.82. The number of fused-ring (bicyclic) bond motifs is 1. The van der Waals surface area contributed by atoms with Crippen molar-refractivity contribution >= 4 is 40.3 Å². The Labute approximate surface area is 154 Å². The summed E-state index contributed by atoms with van der Waals surface area (Å²) in [6.07, 6.45) is 2.73. The summed E-state index contributed by atoms with van der Waals surface area (Å²) in [7, 11) is 0. The zero-order chi connectivity index (χ0) is 18.4. The Balaban J connectivity index is 1.33. The lowest BCUT2D eigenvalue weighted by atomic mass is 10.1. The van der Waals surface area contributed by atoms with Crippen LogP contribution in [0.3, 0.4) is 0 Å². The van der Waals surface area contributed by atoms with E-state index in [0.717, 1.165) is 11.9 Å². The standard InChI is InChI=1S/C18H20N4O3S/c1-12-8-16(22-25-12)21-18(24)11-26-10-17(23)19-7-6-13-9-20-15-5-3-2-4-14(13)15/h2-5,8-9,20H,6-7,10-11H2,1H3,(H,19,23)(H,21,22,24). The zero-order valence-electron chi connectivity index (χ0n) is 14.4. The molecule has 2 heterocycles. The first-order chi connectivity index (χ1) is 12.6. The summed E-state index contributed by atoms with van der Waals surface area (Å²) in [4.78, 5) is 26.8. The molecule has 2 amide bonds. The number of carbonyl (C=O) groups excluding carboxylic acids is 2.